The first kappa shape index (κ1) is 13.3. The van der Waals surface area contributed by atoms with Gasteiger partial charge in [-0.2, -0.15) is 0 Å². The van der Waals surface area contributed by atoms with Gasteiger partial charge in [-0.05, 0) is 50.8 Å². The van der Waals surface area contributed by atoms with Crippen LogP contribution >= 0.6 is 22.9 Å². The maximum Gasteiger partial charge on any atom is 0.0931 e. The van der Waals surface area contributed by atoms with E-state index in [4.69, 9.17) is 11.6 Å². The molecule has 1 aliphatic carbocycles. The van der Waals surface area contributed by atoms with E-state index in [1.807, 2.05) is 6.07 Å². The summed E-state index contributed by atoms with van der Waals surface area (Å²) in [6.07, 6.45) is 4.24. The quantitative estimate of drug-likeness (QED) is 0.879. The van der Waals surface area contributed by atoms with Crippen molar-refractivity contribution in [3.63, 3.8) is 0 Å². The fraction of sp³-hybridized carbons (Fsp3) is 0.692. The molecular formula is C13H20ClNOS. The molecule has 1 saturated carbocycles. The molecule has 1 fully saturated rings. The molecule has 96 valence electrons. The zero-order valence-corrected chi connectivity index (χ0v) is 11.7. The van der Waals surface area contributed by atoms with Crippen molar-refractivity contribution < 1.29 is 5.11 Å². The van der Waals surface area contributed by atoms with E-state index in [9.17, 15) is 5.11 Å². The van der Waals surface area contributed by atoms with Crippen molar-refractivity contribution in [3.05, 3.63) is 21.3 Å². The van der Waals surface area contributed by atoms with Gasteiger partial charge in [-0.15, -0.1) is 11.3 Å². The average Bonchev–Trinajstić information content (AvgIpc) is 2.73. The van der Waals surface area contributed by atoms with Crippen molar-refractivity contribution in [1.29, 1.82) is 0 Å². The van der Waals surface area contributed by atoms with E-state index in [0.29, 0.717) is 12.0 Å². The highest BCUT2D eigenvalue weighted by molar-refractivity contribution is 7.16. The molecule has 0 aromatic carbocycles. The molecule has 17 heavy (non-hydrogen) atoms. The number of thiophene rings is 1. The molecule has 1 aromatic heterocycles. The standard InChI is InChI=1S/C13H20ClNOS/c1-9(12-5-6-13(14)17-12)15-8-10-3-2-4-11(16)7-10/h5-6,9-11,15-16H,2-4,7-8H2,1H3. The van der Waals surface area contributed by atoms with Crippen molar-refractivity contribution in [2.45, 2.75) is 44.8 Å². The highest BCUT2D eigenvalue weighted by Crippen LogP contribution is 2.28. The van der Waals surface area contributed by atoms with Crippen LogP contribution in [-0.2, 0) is 0 Å². The van der Waals surface area contributed by atoms with Gasteiger partial charge in [0.15, 0.2) is 0 Å². The molecule has 0 bridgehead atoms. The summed E-state index contributed by atoms with van der Waals surface area (Å²) in [6, 6.07) is 4.39. The zero-order valence-electron chi connectivity index (χ0n) is 10.2. The summed E-state index contributed by atoms with van der Waals surface area (Å²) >= 11 is 7.57. The minimum Gasteiger partial charge on any atom is -0.393 e. The van der Waals surface area contributed by atoms with E-state index in [1.54, 1.807) is 11.3 Å². The van der Waals surface area contributed by atoms with Crippen LogP contribution in [0.5, 0.6) is 0 Å². The normalized spacial score (nSPS) is 27.0. The van der Waals surface area contributed by atoms with Gasteiger partial charge in [-0.3, -0.25) is 0 Å². The van der Waals surface area contributed by atoms with E-state index in [2.05, 4.69) is 18.3 Å². The Labute approximate surface area is 112 Å². The monoisotopic (exact) mass is 273 g/mol. The molecular weight excluding hydrogens is 254 g/mol. The lowest BCUT2D eigenvalue weighted by Gasteiger charge is -2.27. The van der Waals surface area contributed by atoms with Gasteiger partial charge in [0.25, 0.3) is 0 Å². The first-order chi connectivity index (χ1) is 8.15. The molecule has 3 unspecified atom stereocenters. The topological polar surface area (TPSA) is 32.3 Å². The van der Waals surface area contributed by atoms with Gasteiger partial charge in [0.2, 0.25) is 0 Å². The summed E-state index contributed by atoms with van der Waals surface area (Å²) in [4.78, 5) is 1.28. The molecule has 0 saturated heterocycles. The van der Waals surface area contributed by atoms with Crippen LogP contribution in [-0.4, -0.2) is 17.8 Å². The summed E-state index contributed by atoms with van der Waals surface area (Å²) in [5.41, 5.74) is 0. The Kier molecular flexibility index (Phi) is 4.86. The predicted molar refractivity (Wildman–Crippen MR) is 73.7 cm³/mol. The van der Waals surface area contributed by atoms with Crippen LogP contribution in [0.15, 0.2) is 12.1 Å². The fourth-order valence-electron chi connectivity index (χ4n) is 2.45. The second-order valence-corrected chi connectivity index (χ2v) is 6.70. The lowest BCUT2D eigenvalue weighted by Crippen LogP contribution is -2.30. The molecule has 1 heterocycles. The fourth-order valence-corrected chi connectivity index (χ4v) is 3.54. The largest absolute Gasteiger partial charge is 0.393 e. The van der Waals surface area contributed by atoms with E-state index in [0.717, 1.165) is 30.1 Å². The molecule has 0 spiro atoms. The Bertz CT molecular complexity index is 355. The third-order valence-corrected chi connectivity index (χ3v) is 4.90. The molecule has 4 heteroatoms. The van der Waals surface area contributed by atoms with Crippen molar-refractivity contribution in [2.24, 2.45) is 5.92 Å². The van der Waals surface area contributed by atoms with E-state index >= 15 is 0 Å². The summed E-state index contributed by atoms with van der Waals surface area (Å²) in [7, 11) is 0. The molecule has 2 nitrogen and oxygen atoms in total. The highest BCUT2D eigenvalue weighted by atomic mass is 35.5. The number of aliphatic hydroxyl groups is 1. The van der Waals surface area contributed by atoms with Crippen LogP contribution in [0.4, 0.5) is 0 Å². The zero-order chi connectivity index (χ0) is 12.3. The van der Waals surface area contributed by atoms with Gasteiger partial charge in [-0.1, -0.05) is 18.0 Å². The Balaban J connectivity index is 1.77. The van der Waals surface area contributed by atoms with Gasteiger partial charge in [-0.25, -0.2) is 0 Å². The van der Waals surface area contributed by atoms with Crippen LogP contribution in [0, 0.1) is 5.92 Å². The number of nitrogens with one attached hydrogen (secondary N) is 1. The molecule has 1 aliphatic rings. The third kappa shape index (κ3) is 3.95. The SMILES string of the molecule is CC(NCC1CCCC(O)C1)c1ccc(Cl)s1. The second-order valence-electron chi connectivity index (χ2n) is 4.96. The van der Waals surface area contributed by atoms with Crippen molar-refractivity contribution >= 4 is 22.9 Å². The van der Waals surface area contributed by atoms with Crippen LogP contribution in [0.2, 0.25) is 4.34 Å². The van der Waals surface area contributed by atoms with Crippen molar-refractivity contribution in [2.75, 3.05) is 6.54 Å². The Morgan fingerprint density at radius 3 is 3.00 bits per heavy atom. The first-order valence-electron chi connectivity index (χ1n) is 6.32. The highest BCUT2D eigenvalue weighted by Gasteiger charge is 2.20. The van der Waals surface area contributed by atoms with Gasteiger partial charge in [0, 0.05) is 10.9 Å². The van der Waals surface area contributed by atoms with Gasteiger partial charge >= 0.3 is 0 Å². The van der Waals surface area contributed by atoms with Crippen molar-refractivity contribution in [1.82, 2.24) is 5.32 Å². The molecule has 0 radical (unpaired) electrons. The Hall–Kier alpha value is -0.0900. The smallest absolute Gasteiger partial charge is 0.0931 e. The minimum absolute atomic E-state index is 0.0814. The third-order valence-electron chi connectivity index (χ3n) is 3.49. The van der Waals surface area contributed by atoms with E-state index < -0.39 is 0 Å². The molecule has 0 aliphatic heterocycles. The molecule has 1 aromatic rings. The molecule has 2 rings (SSSR count). The first-order valence-corrected chi connectivity index (χ1v) is 7.51. The molecule has 0 amide bonds. The summed E-state index contributed by atoms with van der Waals surface area (Å²) < 4.78 is 0.849. The molecule has 2 N–H and O–H groups in total. The number of rotatable bonds is 4. The van der Waals surface area contributed by atoms with Gasteiger partial charge in [0.1, 0.15) is 0 Å². The maximum atomic E-state index is 9.62. The summed E-state index contributed by atoms with van der Waals surface area (Å²) in [5.74, 6) is 0.622. The summed E-state index contributed by atoms with van der Waals surface area (Å²) in [6.45, 7) is 3.16. The number of halogens is 1. The number of hydrogen-bond acceptors (Lipinski definition) is 3. The van der Waals surface area contributed by atoms with Gasteiger partial charge in [0.05, 0.1) is 10.4 Å². The lowest BCUT2D eigenvalue weighted by atomic mass is 9.87. The number of aliphatic hydroxyl groups excluding tert-OH is 1. The average molecular weight is 274 g/mol. The van der Waals surface area contributed by atoms with E-state index in [1.165, 1.54) is 11.3 Å². The van der Waals surface area contributed by atoms with Crippen LogP contribution in [0.3, 0.4) is 0 Å². The lowest BCUT2D eigenvalue weighted by molar-refractivity contribution is 0.0998. The van der Waals surface area contributed by atoms with E-state index in [-0.39, 0.29) is 6.10 Å². The van der Waals surface area contributed by atoms with Crippen LogP contribution in [0.1, 0.15) is 43.5 Å². The number of hydrogen-bond donors (Lipinski definition) is 2. The van der Waals surface area contributed by atoms with Crippen molar-refractivity contribution in [3.8, 4) is 0 Å². The maximum absolute atomic E-state index is 9.62. The van der Waals surface area contributed by atoms with Crippen LogP contribution in [0.25, 0.3) is 0 Å². The Morgan fingerprint density at radius 1 is 1.53 bits per heavy atom. The second kappa shape index (κ2) is 6.19. The Morgan fingerprint density at radius 2 is 2.35 bits per heavy atom. The summed E-state index contributed by atoms with van der Waals surface area (Å²) in [5, 5.41) is 13.2. The minimum atomic E-state index is -0.0814. The van der Waals surface area contributed by atoms with Gasteiger partial charge < -0.3 is 10.4 Å². The predicted octanol–water partition coefficient (Wildman–Crippen LogP) is 3.60. The van der Waals surface area contributed by atoms with Crippen LogP contribution < -0.4 is 5.32 Å². The molecule has 3 atom stereocenters.